The first-order valence-corrected chi connectivity index (χ1v) is 11.2. The van der Waals surface area contributed by atoms with Crippen LogP contribution in [0.2, 0.25) is 5.02 Å². The standard InChI is InChI=1S/C26H25ClN2O4/c27-21-8-12-23(13-9-21)33-24-14-16-29(17-15-24)26(31)28-25(30)20-6-10-22(11-7-20)32-18-19-4-2-1-3-5-19/h1-13,24H,14-18H2,(H,28,30,31). The number of rotatable bonds is 6. The number of benzene rings is 3. The second kappa shape index (κ2) is 10.9. The number of hydrogen-bond donors (Lipinski definition) is 1. The average molecular weight is 465 g/mol. The molecule has 3 amide bonds. The molecule has 3 aromatic rings. The number of nitrogens with zero attached hydrogens (tertiary/aromatic N) is 1. The Morgan fingerprint density at radius 2 is 1.52 bits per heavy atom. The Morgan fingerprint density at radius 1 is 0.879 bits per heavy atom. The van der Waals surface area contributed by atoms with Crippen molar-refractivity contribution in [2.45, 2.75) is 25.6 Å². The van der Waals surface area contributed by atoms with E-state index in [1.165, 1.54) is 0 Å². The first kappa shape index (κ1) is 22.7. The molecule has 0 radical (unpaired) electrons. The summed E-state index contributed by atoms with van der Waals surface area (Å²) in [5.41, 5.74) is 1.46. The minimum absolute atomic E-state index is 0.0226. The highest BCUT2D eigenvalue weighted by atomic mass is 35.5. The number of imide groups is 1. The summed E-state index contributed by atoms with van der Waals surface area (Å²) in [4.78, 5) is 26.6. The van der Waals surface area contributed by atoms with Gasteiger partial charge in [-0.3, -0.25) is 10.1 Å². The first-order chi connectivity index (χ1) is 16.1. The first-order valence-electron chi connectivity index (χ1n) is 10.9. The van der Waals surface area contributed by atoms with E-state index >= 15 is 0 Å². The maximum atomic E-state index is 12.5. The summed E-state index contributed by atoms with van der Waals surface area (Å²) in [6.45, 7) is 1.48. The summed E-state index contributed by atoms with van der Waals surface area (Å²) in [5.74, 6) is 0.979. The van der Waals surface area contributed by atoms with Crippen molar-refractivity contribution >= 4 is 23.5 Å². The number of urea groups is 1. The van der Waals surface area contributed by atoms with E-state index < -0.39 is 11.9 Å². The zero-order chi connectivity index (χ0) is 23.0. The average Bonchev–Trinajstić information content (AvgIpc) is 2.85. The number of carbonyl (C=O) groups is 2. The van der Waals surface area contributed by atoms with Crippen molar-refractivity contribution in [1.82, 2.24) is 10.2 Å². The Bertz CT molecular complexity index is 1060. The van der Waals surface area contributed by atoms with Crippen molar-refractivity contribution in [3.8, 4) is 11.5 Å². The van der Waals surface area contributed by atoms with Crippen molar-refractivity contribution in [3.05, 3.63) is 95.0 Å². The zero-order valence-electron chi connectivity index (χ0n) is 18.1. The molecule has 1 aliphatic rings. The molecule has 170 valence electrons. The van der Waals surface area contributed by atoms with E-state index in [2.05, 4.69) is 5.32 Å². The van der Waals surface area contributed by atoms with E-state index in [-0.39, 0.29) is 6.10 Å². The fourth-order valence-corrected chi connectivity index (χ4v) is 3.70. The molecule has 7 heteroatoms. The molecule has 1 N–H and O–H groups in total. The molecule has 0 aromatic heterocycles. The maximum absolute atomic E-state index is 12.5. The van der Waals surface area contributed by atoms with Crippen LogP contribution in [0.1, 0.15) is 28.8 Å². The molecule has 3 aromatic carbocycles. The van der Waals surface area contributed by atoms with Gasteiger partial charge >= 0.3 is 6.03 Å². The number of hydrogen-bond acceptors (Lipinski definition) is 4. The van der Waals surface area contributed by atoms with E-state index in [4.69, 9.17) is 21.1 Å². The highest BCUT2D eigenvalue weighted by molar-refractivity contribution is 6.30. The largest absolute Gasteiger partial charge is 0.490 e. The van der Waals surface area contributed by atoms with Crippen LogP contribution >= 0.6 is 11.6 Å². The minimum atomic E-state index is -0.436. The molecule has 0 saturated carbocycles. The summed E-state index contributed by atoms with van der Waals surface area (Å²) in [7, 11) is 0. The predicted octanol–water partition coefficient (Wildman–Crippen LogP) is 5.31. The summed E-state index contributed by atoms with van der Waals surface area (Å²) < 4.78 is 11.7. The van der Waals surface area contributed by atoms with E-state index in [0.29, 0.717) is 48.9 Å². The van der Waals surface area contributed by atoms with Crippen molar-refractivity contribution in [2.24, 2.45) is 0 Å². The smallest absolute Gasteiger partial charge is 0.324 e. The van der Waals surface area contributed by atoms with Crippen molar-refractivity contribution in [3.63, 3.8) is 0 Å². The van der Waals surface area contributed by atoms with Crippen LogP contribution in [-0.2, 0) is 6.61 Å². The lowest BCUT2D eigenvalue weighted by molar-refractivity contribution is 0.0916. The fourth-order valence-electron chi connectivity index (χ4n) is 3.57. The van der Waals surface area contributed by atoms with Crippen molar-refractivity contribution < 1.29 is 19.1 Å². The molecule has 0 aliphatic carbocycles. The lowest BCUT2D eigenvalue weighted by Gasteiger charge is -2.32. The van der Waals surface area contributed by atoms with Crippen LogP contribution in [-0.4, -0.2) is 36.0 Å². The molecule has 0 bridgehead atoms. The molecule has 1 heterocycles. The molecule has 0 unspecified atom stereocenters. The van der Waals surface area contributed by atoms with Gasteiger partial charge in [-0.05, 0) is 54.1 Å². The van der Waals surface area contributed by atoms with Crippen LogP contribution in [0.4, 0.5) is 4.79 Å². The summed E-state index contributed by atoms with van der Waals surface area (Å²) in [6, 6.07) is 23.4. The van der Waals surface area contributed by atoms with Gasteiger partial charge in [0.15, 0.2) is 0 Å². The van der Waals surface area contributed by atoms with Gasteiger partial charge in [0.2, 0.25) is 0 Å². The van der Waals surface area contributed by atoms with Gasteiger partial charge in [0.1, 0.15) is 24.2 Å². The quantitative estimate of drug-likeness (QED) is 0.536. The Hall–Kier alpha value is -3.51. The molecule has 0 spiro atoms. The van der Waals surface area contributed by atoms with Gasteiger partial charge in [0.05, 0.1) is 0 Å². The fraction of sp³-hybridized carbons (Fsp3) is 0.231. The molecule has 4 rings (SSSR count). The number of likely N-dealkylation sites (tertiary alicyclic amines) is 1. The third-order valence-electron chi connectivity index (χ3n) is 5.43. The van der Waals surface area contributed by atoms with Crippen LogP contribution in [0.3, 0.4) is 0 Å². The van der Waals surface area contributed by atoms with E-state index in [9.17, 15) is 9.59 Å². The monoisotopic (exact) mass is 464 g/mol. The Kier molecular flexibility index (Phi) is 7.47. The van der Waals surface area contributed by atoms with E-state index in [0.717, 1.165) is 11.3 Å². The molecule has 1 fully saturated rings. The topological polar surface area (TPSA) is 67.9 Å². The van der Waals surface area contributed by atoms with Gasteiger partial charge in [-0.15, -0.1) is 0 Å². The Labute approximate surface area is 198 Å². The Morgan fingerprint density at radius 3 is 2.18 bits per heavy atom. The highest BCUT2D eigenvalue weighted by Crippen LogP contribution is 2.21. The second-order valence-corrected chi connectivity index (χ2v) is 8.25. The molecular weight excluding hydrogens is 440 g/mol. The van der Waals surface area contributed by atoms with Gasteiger partial charge in [-0.2, -0.15) is 0 Å². The molecule has 1 aliphatic heterocycles. The van der Waals surface area contributed by atoms with Gasteiger partial charge in [0.25, 0.3) is 5.91 Å². The number of halogens is 1. The van der Waals surface area contributed by atoms with Crippen LogP contribution < -0.4 is 14.8 Å². The third-order valence-corrected chi connectivity index (χ3v) is 5.68. The second-order valence-electron chi connectivity index (χ2n) is 7.82. The highest BCUT2D eigenvalue weighted by Gasteiger charge is 2.25. The van der Waals surface area contributed by atoms with Crippen LogP contribution in [0.5, 0.6) is 11.5 Å². The van der Waals surface area contributed by atoms with Gasteiger partial charge in [0, 0.05) is 36.5 Å². The third kappa shape index (κ3) is 6.49. The van der Waals surface area contributed by atoms with Crippen LogP contribution in [0, 0.1) is 0 Å². The van der Waals surface area contributed by atoms with Gasteiger partial charge in [-0.25, -0.2) is 4.79 Å². The van der Waals surface area contributed by atoms with Crippen LogP contribution in [0.15, 0.2) is 78.9 Å². The molecule has 0 atom stereocenters. The minimum Gasteiger partial charge on any atom is -0.490 e. The number of piperidine rings is 1. The van der Waals surface area contributed by atoms with E-state index in [1.807, 2.05) is 42.5 Å². The van der Waals surface area contributed by atoms with Gasteiger partial charge in [-0.1, -0.05) is 41.9 Å². The summed E-state index contributed by atoms with van der Waals surface area (Å²) >= 11 is 5.90. The van der Waals surface area contributed by atoms with E-state index in [1.54, 1.807) is 41.3 Å². The van der Waals surface area contributed by atoms with Crippen LogP contribution in [0.25, 0.3) is 0 Å². The zero-order valence-corrected chi connectivity index (χ0v) is 18.8. The summed E-state index contributed by atoms with van der Waals surface area (Å²) in [5, 5.41) is 3.13. The number of nitrogens with one attached hydrogen (secondary N) is 1. The Balaban J connectivity index is 1.22. The molecule has 6 nitrogen and oxygen atoms in total. The predicted molar refractivity (Wildman–Crippen MR) is 127 cm³/mol. The SMILES string of the molecule is O=C(NC(=O)N1CCC(Oc2ccc(Cl)cc2)CC1)c1ccc(OCc2ccccc2)cc1. The number of carbonyl (C=O) groups excluding carboxylic acids is 2. The van der Waals surface area contributed by atoms with Gasteiger partial charge < -0.3 is 14.4 Å². The molecule has 33 heavy (non-hydrogen) atoms. The maximum Gasteiger partial charge on any atom is 0.324 e. The number of amides is 3. The lowest BCUT2D eigenvalue weighted by Crippen LogP contribution is -2.48. The number of ether oxygens (including phenoxy) is 2. The normalized spacial score (nSPS) is 13.9. The van der Waals surface area contributed by atoms with Crippen molar-refractivity contribution in [2.75, 3.05) is 13.1 Å². The molecular formula is C26H25ClN2O4. The summed E-state index contributed by atoms with van der Waals surface area (Å²) in [6.07, 6.45) is 1.41. The molecule has 1 saturated heterocycles. The van der Waals surface area contributed by atoms with Crippen molar-refractivity contribution in [1.29, 1.82) is 0 Å². The lowest BCUT2D eigenvalue weighted by atomic mass is 10.1.